The van der Waals surface area contributed by atoms with Gasteiger partial charge in [-0.1, -0.05) is 38.1 Å². The number of carbonyl (C=O) groups excluding carboxylic acids is 1. The Labute approximate surface area is 118 Å². The first-order chi connectivity index (χ1) is 9.34. The molecule has 106 valence electrons. The fourth-order valence-corrected chi connectivity index (χ4v) is 1.82. The Bertz CT molecular complexity index is 594. The number of rotatable bonds is 3. The third-order valence-electron chi connectivity index (χ3n) is 2.92. The van der Waals surface area contributed by atoms with Gasteiger partial charge in [0.25, 0.3) is 0 Å². The third kappa shape index (κ3) is 3.66. The molecule has 1 aromatic heterocycles. The molecule has 0 unspecified atom stereocenters. The molecule has 1 amide bonds. The zero-order chi connectivity index (χ0) is 14.8. The SMILES string of the molecule is Cc1nc(CC(=O)Nc2ccc(C(C)(C)C)cc2)no1. The fourth-order valence-electron chi connectivity index (χ4n) is 1.82. The first-order valence-electron chi connectivity index (χ1n) is 6.54. The topological polar surface area (TPSA) is 68.0 Å². The molecule has 1 N–H and O–H groups in total. The second kappa shape index (κ2) is 5.45. The predicted octanol–water partition coefficient (Wildman–Crippen LogP) is 2.86. The van der Waals surface area contributed by atoms with Crippen LogP contribution in [0, 0.1) is 6.92 Å². The first kappa shape index (κ1) is 14.2. The van der Waals surface area contributed by atoms with Crippen LogP contribution < -0.4 is 5.32 Å². The van der Waals surface area contributed by atoms with E-state index < -0.39 is 0 Å². The molecule has 1 heterocycles. The van der Waals surface area contributed by atoms with Crippen LogP contribution in [-0.2, 0) is 16.6 Å². The lowest BCUT2D eigenvalue weighted by molar-refractivity contribution is -0.115. The van der Waals surface area contributed by atoms with Gasteiger partial charge in [-0.05, 0) is 23.1 Å². The van der Waals surface area contributed by atoms with Gasteiger partial charge < -0.3 is 9.84 Å². The molecule has 0 spiro atoms. The number of nitrogens with zero attached hydrogens (tertiary/aromatic N) is 2. The van der Waals surface area contributed by atoms with Crippen molar-refractivity contribution in [2.24, 2.45) is 0 Å². The molecule has 5 nitrogen and oxygen atoms in total. The molecule has 0 radical (unpaired) electrons. The zero-order valence-corrected chi connectivity index (χ0v) is 12.2. The lowest BCUT2D eigenvalue weighted by Crippen LogP contribution is -2.16. The van der Waals surface area contributed by atoms with E-state index in [-0.39, 0.29) is 17.7 Å². The average Bonchev–Trinajstić information content (AvgIpc) is 2.74. The van der Waals surface area contributed by atoms with Gasteiger partial charge in [-0.3, -0.25) is 4.79 Å². The van der Waals surface area contributed by atoms with E-state index in [1.165, 1.54) is 5.56 Å². The van der Waals surface area contributed by atoms with E-state index in [9.17, 15) is 4.79 Å². The second-order valence-corrected chi connectivity index (χ2v) is 5.78. The Kier molecular flexibility index (Phi) is 3.88. The van der Waals surface area contributed by atoms with Crippen molar-refractivity contribution in [1.82, 2.24) is 10.1 Å². The van der Waals surface area contributed by atoms with E-state index in [2.05, 4.69) is 36.2 Å². The van der Waals surface area contributed by atoms with Crippen LogP contribution in [0.25, 0.3) is 0 Å². The largest absolute Gasteiger partial charge is 0.340 e. The number of carbonyl (C=O) groups is 1. The smallest absolute Gasteiger partial charge is 0.232 e. The molecule has 0 bridgehead atoms. The molecular formula is C15H19N3O2. The highest BCUT2D eigenvalue weighted by Gasteiger charge is 2.13. The molecule has 0 saturated heterocycles. The van der Waals surface area contributed by atoms with Crippen LogP contribution in [0.4, 0.5) is 5.69 Å². The van der Waals surface area contributed by atoms with Gasteiger partial charge in [-0.2, -0.15) is 4.98 Å². The highest BCUT2D eigenvalue weighted by Crippen LogP contribution is 2.23. The van der Waals surface area contributed by atoms with E-state index in [0.29, 0.717) is 11.7 Å². The van der Waals surface area contributed by atoms with Crippen molar-refractivity contribution in [1.29, 1.82) is 0 Å². The van der Waals surface area contributed by atoms with Crippen molar-refractivity contribution >= 4 is 11.6 Å². The lowest BCUT2D eigenvalue weighted by Gasteiger charge is -2.19. The van der Waals surface area contributed by atoms with Crippen molar-refractivity contribution in [3.63, 3.8) is 0 Å². The molecule has 0 atom stereocenters. The number of anilines is 1. The summed E-state index contributed by atoms with van der Waals surface area (Å²) < 4.78 is 4.83. The molecule has 2 rings (SSSR count). The van der Waals surface area contributed by atoms with Gasteiger partial charge in [0.1, 0.15) is 0 Å². The highest BCUT2D eigenvalue weighted by molar-refractivity contribution is 5.91. The molecule has 2 aromatic rings. The molecule has 0 aliphatic carbocycles. The van der Waals surface area contributed by atoms with Crippen LogP contribution >= 0.6 is 0 Å². The van der Waals surface area contributed by atoms with Gasteiger partial charge in [0.2, 0.25) is 11.8 Å². The summed E-state index contributed by atoms with van der Waals surface area (Å²) in [5, 5.41) is 6.51. The van der Waals surface area contributed by atoms with Crippen molar-refractivity contribution in [2.45, 2.75) is 39.5 Å². The summed E-state index contributed by atoms with van der Waals surface area (Å²) >= 11 is 0. The molecule has 0 fully saturated rings. The summed E-state index contributed by atoms with van der Waals surface area (Å²) in [6.45, 7) is 8.15. The van der Waals surface area contributed by atoms with E-state index >= 15 is 0 Å². The standard InChI is InChI=1S/C15H19N3O2/c1-10-16-13(18-20-10)9-14(19)17-12-7-5-11(6-8-12)15(2,3)4/h5-8H,9H2,1-4H3,(H,17,19). The summed E-state index contributed by atoms with van der Waals surface area (Å²) in [5.41, 5.74) is 2.09. The minimum Gasteiger partial charge on any atom is -0.340 e. The highest BCUT2D eigenvalue weighted by atomic mass is 16.5. The monoisotopic (exact) mass is 273 g/mol. The van der Waals surface area contributed by atoms with Crippen molar-refractivity contribution in [3.8, 4) is 0 Å². The Morgan fingerprint density at radius 2 is 1.90 bits per heavy atom. The number of aryl methyl sites for hydroxylation is 1. The van der Waals surface area contributed by atoms with Crippen LogP contribution in [0.1, 0.15) is 38.0 Å². The van der Waals surface area contributed by atoms with Crippen LogP contribution in [0.5, 0.6) is 0 Å². The maximum Gasteiger partial charge on any atom is 0.232 e. The van der Waals surface area contributed by atoms with E-state index in [1.807, 2.05) is 24.3 Å². The number of hydrogen-bond donors (Lipinski definition) is 1. The molecule has 20 heavy (non-hydrogen) atoms. The normalized spacial score (nSPS) is 11.4. The van der Waals surface area contributed by atoms with Gasteiger partial charge in [-0.15, -0.1) is 0 Å². The summed E-state index contributed by atoms with van der Waals surface area (Å²) in [6.07, 6.45) is 0.109. The van der Waals surface area contributed by atoms with E-state index in [0.717, 1.165) is 5.69 Å². The van der Waals surface area contributed by atoms with Crippen LogP contribution in [0.2, 0.25) is 0 Å². The lowest BCUT2D eigenvalue weighted by atomic mass is 9.87. The van der Waals surface area contributed by atoms with Crippen molar-refractivity contribution < 1.29 is 9.32 Å². The van der Waals surface area contributed by atoms with Crippen molar-refractivity contribution in [2.75, 3.05) is 5.32 Å². The Morgan fingerprint density at radius 1 is 1.25 bits per heavy atom. The third-order valence-corrected chi connectivity index (χ3v) is 2.92. The van der Waals surface area contributed by atoms with Crippen LogP contribution in [-0.4, -0.2) is 16.0 Å². The zero-order valence-electron chi connectivity index (χ0n) is 12.2. The molecule has 1 aromatic carbocycles. The Morgan fingerprint density at radius 3 is 2.40 bits per heavy atom. The van der Waals surface area contributed by atoms with Crippen molar-refractivity contribution in [3.05, 3.63) is 41.5 Å². The maximum atomic E-state index is 11.8. The summed E-state index contributed by atoms with van der Waals surface area (Å²) in [7, 11) is 0. The van der Waals surface area contributed by atoms with Gasteiger partial charge in [0, 0.05) is 12.6 Å². The van der Waals surface area contributed by atoms with Crippen LogP contribution in [0.3, 0.4) is 0 Å². The number of nitrogens with one attached hydrogen (secondary N) is 1. The quantitative estimate of drug-likeness (QED) is 0.933. The first-order valence-corrected chi connectivity index (χ1v) is 6.54. The molecule has 0 aliphatic heterocycles. The summed E-state index contributed by atoms with van der Waals surface area (Å²) in [6, 6.07) is 7.85. The van der Waals surface area contributed by atoms with Gasteiger partial charge in [0.05, 0.1) is 6.42 Å². The molecule has 5 heteroatoms. The van der Waals surface area contributed by atoms with E-state index in [1.54, 1.807) is 6.92 Å². The molecule has 0 aliphatic rings. The number of benzene rings is 1. The summed E-state index contributed by atoms with van der Waals surface area (Å²) in [4.78, 5) is 15.8. The maximum absolute atomic E-state index is 11.8. The second-order valence-electron chi connectivity index (χ2n) is 5.78. The van der Waals surface area contributed by atoms with Gasteiger partial charge in [0.15, 0.2) is 5.82 Å². The van der Waals surface area contributed by atoms with Crippen LogP contribution in [0.15, 0.2) is 28.8 Å². The molecular weight excluding hydrogens is 254 g/mol. The number of hydrogen-bond acceptors (Lipinski definition) is 4. The minimum absolute atomic E-state index is 0.102. The number of aromatic nitrogens is 2. The Hall–Kier alpha value is -2.17. The minimum atomic E-state index is -0.158. The van der Waals surface area contributed by atoms with E-state index in [4.69, 9.17) is 4.52 Å². The number of amides is 1. The van der Waals surface area contributed by atoms with Gasteiger partial charge in [-0.25, -0.2) is 0 Å². The summed E-state index contributed by atoms with van der Waals surface area (Å²) in [5.74, 6) is 0.697. The predicted molar refractivity (Wildman–Crippen MR) is 76.5 cm³/mol. The Balaban J connectivity index is 1.98. The average molecular weight is 273 g/mol. The fraction of sp³-hybridized carbons (Fsp3) is 0.400. The van der Waals surface area contributed by atoms with Gasteiger partial charge >= 0.3 is 0 Å². The molecule has 0 saturated carbocycles.